The summed E-state index contributed by atoms with van der Waals surface area (Å²) in [5.74, 6) is 1.75. The lowest BCUT2D eigenvalue weighted by atomic mass is 10.2. The fourth-order valence-corrected chi connectivity index (χ4v) is 3.13. The van der Waals surface area contributed by atoms with Crippen LogP contribution in [0.25, 0.3) is 0 Å². The van der Waals surface area contributed by atoms with Gasteiger partial charge in [-0.2, -0.15) is 0 Å². The number of nitrogens with one attached hydrogen (secondary N) is 1. The molecule has 0 aromatic heterocycles. The van der Waals surface area contributed by atoms with Crippen molar-refractivity contribution in [3.05, 3.63) is 0 Å². The Morgan fingerprint density at radius 2 is 2.16 bits per heavy atom. The van der Waals surface area contributed by atoms with Crippen LogP contribution in [0.2, 0.25) is 0 Å². The molecule has 112 valence electrons. The van der Waals surface area contributed by atoms with Gasteiger partial charge in [0.1, 0.15) is 5.60 Å². The molecule has 0 aliphatic carbocycles. The van der Waals surface area contributed by atoms with Gasteiger partial charge in [0.25, 0.3) is 0 Å². The van der Waals surface area contributed by atoms with E-state index in [0.29, 0.717) is 0 Å². The Morgan fingerprint density at radius 1 is 1.42 bits per heavy atom. The van der Waals surface area contributed by atoms with Crippen molar-refractivity contribution >= 4 is 17.9 Å². The zero-order valence-electron chi connectivity index (χ0n) is 12.7. The van der Waals surface area contributed by atoms with E-state index in [2.05, 4.69) is 12.2 Å². The molecule has 1 rings (SSSR count). The zero-order chi connectivity index (χ0) is 14.3. The maximum Gasteiger partial charge on any atom is 0.411 e. The zero-order valence-corrected chi connectivity index (χ0v) is 13.5. The molecule has 1 N–H and O–H groups in total. The third-order valence-electron chi connectivity index (χ3n) is 2.95. The summed E-state index contributed by atoms with van der Waals surface area (Å²) in [7, 11) is 0. The molecule has 0 bridgehead atoms. The van der Waals surface area contributed by atoms with Crippen molar-refractivity contribution in [1.82, 2.24) is 10.2 Å². The van der Waals surface area contributed by atoms with Gasteiger partial charge >= 0.3 is 6.09 Å². The van der Waals surface area contributed by atoms with Crippen LogP contribution in [-0.4, -0.2) is 47.4 Å². The highest BCUT2D eigenvalue weighted by molar-refractivity contribution is 7.99. The fraction of sp³-hybridized carbons (Fsp3) is 0.929. The lowest BCUT2D eigenvalue weighted by molar-refractivity contribution is 0.0240. The van der Waals surface area contributed by atoms with E-state index >= 15 is 0 Å². The summed E-state index contributed by atoms with van der Waals surface area (Å²) < 4.78 is 5.44. The van der Waals surface area contributed by atoms with Gasteiger partial charge in [-0.15, -0.1) is 11.8 Å². The first-order chi connectivity index (χ1) is 8.94. The highest BCUT2D eigenvalue weighted by atomic mass is 32.2. The fourth-order valence-electron chi connectivity index (χ4n) is 1.94. The number of hydrogen-bond donors (Lipinski definition) is 1. The number of carbonyl (C=O) groups is 1. The topological polar surface area (TPSA) is 41.6 Å². The summed E-state index contributed by atoms with van der Waals surface area (Å²) in [6, 6.07) is 0.265. The normalized spacial score (nSPS) is 19.8. The van der Waals surface area contributed by atoms with Crippen LogP contribution in [0.1, 0.15) is 47.0 Å². The van der Waals surface area contributed by atoms with Crippen LogP contribution in [0.15, 0.2) is 0 Å². The van der Waals surface area contributed by atoms with Crippen molar-refractivity contribution in [2.45, 2.75) is 58.6 Å². The molecule has 0 spiro atoms. The van der Waals surface area contributed by atoms with E-state index in [0.717, 1.165) is 24.7 Å². The molecule has 1 atom stereocenters. The number of hydrogen-bond acceptors (Lipinski definition) is 4. The molecule has 0 aromatic rings. The second-order valence-corrected chi connectivity index (χ2v) is 7.01. The van der Waals surface area contributed by atoms with Crippen molar-refractivity contribution in [3.63, 3.8) is 0 Å². The second-order valence-electron chi connectivity index (χ2n) is 6.02. The van der Waals surface area contributed by atoms with Crippen molar-refractivity contribution < 1.29 is 9.53 Å². The van der Waals surface area contributed by atoms with Crippen molar-refractivity contribution in [2.24, 2.45) is 0 Å². The summed E-state index contributed by atoms with van der Waals surface area (Å²) in [5.41, 5.74) is -0.413. The molecular weight excluding hydrogens is 260 g/mol. The smallest absolute Gasteiger partial charge is 0.411 e. The molecule has 1 saturated heterocycles. The Bertz CT molecular complexity index is 279. The Labute approximate surface area is 121 Å². The van der Waals surface area contributed by atoms with E-state index in [-0.39, 0.29) is 12.1 Å². The van der Waals surface area contributed by atoms with Gasteiger partial charge in [-0.3, -0.25) is 4.90 Å². The second kappa shape index (κ2) is 8.00. The molecule has 0 radical (unpaired) electrons. The Hall–Kier alpha value is -0.420. The number of thioether (sulfide) groups is 1. The Morgan fingerprint density at radius 3 is 2.79 bits per heavy atom. The van der Waals surface area contributed by atoms with E-state index in [4.69, 9.17) is 4.74 Å². The molecule has 19 heavy (non-hydrogen) atoms. The minimum Gasteiger partial charge on any atom is -0.444 e. The van der Waals surface area contributed by atoms with E-state index < -0.39 is 5.60 Å². The maximum atomic E-state index is 12.1. The van der Waals surface area contributed by atoms with E-state index in [1.165, 1.54) is 19.3 Å². The Balaban J connectivity index is 2.31. The van der Waals surface area contributed by atoms with Crippen LogP contribution in [0, 0.1) is 0 Å². The molecule has 0 aromatic carbocycles. The average Bonchev–Trinajstić information content (AvgIpc) is 2.75. The van der Waals surface area contributed by atoms with Crippen LogP contribution in [0.5, 0.6) is 0 Å². The third kappa shape index (κ3) is 6.52. The average molecular weight is 288 g/mol. The molecule has 4 nitrogen and oxygen atoms in total. The molecule has 1 heterocycles. The number of nitrogens with zero attached hydrogens (tertiary/aromatic N) is 1. The van der Waals surface area contributed by atoms with E-state index in [9.17, 15) is 4.79 Å². The van der Waals surface area contributed by atoms with Crippen LogP contribution in [0.4, 0.5) is 4.79 Å². The van der Waals surface area contributed by atoms with Crippen LogP contribution in [0.3, 0.4) is 0 Å². The van der Waals surface area contributed by atoms with Crippen molar-refractivity contribution in [3.8, 4) is 0 Å². The number of amides is 1. The SMILES string of the molecule is CCCCCNCC1CSCN1C(=O)OC(C)(C)C. The van der Waals surface area contributed by atoms with Gasteiger partial charge in [0.05, 0.1) is 11.9 Å². The standard InChI is InChI=1S/C14H28N2O2S/c1-5-6-7-8-15-9-12-10-19-11-16(12)13(17)18-14(2,3)4/h12,15H,5-11H2,1-4H3. The van der Waals surface area contributed by atoms with Gasteiger partial charge in [0.2, 0.25) is 0 Å². The van der Waals surface area contributed by atoms with Crippen molar-refractivity contribution in [2.75, 3.05) is 24.7 Å². The molecule has 1 aliphatic rings. The predicted octanol–water partition coefficient (Wildman–Crippen LogP) is 3.08. The van der Waals surface area contributed by atoms with Gasteiger partial charge in [-0.1, -0.05) is 19.8 Å². The van der Waals surface area contributed by atoms with Crippen LogP contribution in [-0.2, 0) is 4.74 Å². The lowest BCUT2D eigenvalue weighted by Crippen LogP contribution is -2.45. The maximum absolute atomic E-state index is 12.1. The predicted molar refractivity (Wildman–Crippen MR) is 81.6 cm³/mol. The van der Waals surface area contributed by atoms with Crippen molar-refractivity contribution in [1.29, 1.82) is 0 Å². The third-order valence-corrected chi connectivity index (χ3v) is 4.03. The van der Waals surface area contributed by atoms with Gasteiger partial charge in [-0.05, 0) is 33.7 Å². The first kappa shape index (κ1) is 16.6. The van der Waals surface area contributed by atoms with Crippen LogP contribution >= 0.6 is 11.8 Å². The summed E-state index contributed by atoms with van der Waals surface area (Å²) in [5, 5.41) is 3.45. The van der Waals surface area contributed by atoms with Gasteiger partial charge < -0.3 is 10.1 Å². The number of rotatable bonds is 6. The Kier molecular flexibility index (Phi) is 7.00. The highest BCUT2D eigenvalue weighted by Crippen LogP contribution is 2.23. The number of unbranched alkanes of at least 4 members (excludes halogenated alkanes) is 2. The summed E-state index contributed by atoms with van der Waals surface area (Å²) in [4.78, 5) is 13.9. The molecular formula is C14H28N2O2S. The minimum atomic E-state index is -0.413. The van der Waals surface area contributed by atoms with Gasteiger partial charge in [-0.25, -0.2) is 4.79 Å². The molecule has 5 heteroatoms. The van der Waals surface area contributed by atoms with Gasteiger partial charge in [0, 0.05) is 12.3 Å². The number of carbonyl (C=O) groups excluding carboxylic acids is 1. The molecule has 1 amide bonds. The molecule has 1 aliphatic heterocycles. The summed E-state index contributed by atoms with van der Waals surface area (Å²) in [6.45, 7) is 9.84. The van der Waals surface area contributed by atoms with E-state index in [1.807, 2.05) is 25.7 Å². The van der Waals surface area contributed by atoms with Crippen LogP contribution < -0.4 is 5.32 Å². The molecule has 1 unspecified atom stereocenters. The number of ether oxygens (including phenoxy) is 1. The lowest BCUT2D eigenvalue weighted by Gasteiger charge is -2.28. The van der Waals surface area contributed by atoms with Gasteiger partial charge in [0.15, 0.2) is 0 Å². The quantitative estimate of drug-likeness (QED) is 0.763. The van der Waals surface area contributed by atoms with E-state index in [1.54, 1.807) is 11.8 Å². The summed E-state index contributed by atoms with van der Waals surface area (Å²) >= 11 is 1.80. The first-order valence-corrected chi connectivity index (χ1v) is 8.37. The largest absolute Gasteiger partial charge is 0.444 e. The summed E-state index contributed by atoms with van der Waals surface area (Å²) in [6.07, 6.45) is 3.54. The molecule has 1 fully saturated rings. The highest BCUT2D eigenvalue weighted by Gasteiger charge is 2.32. The molecule has 0 saturated carbocycles. The first-order valence-electron chi connectivity index (χ1n) is 7.22. The monoisotopic (exact) mass is 288 g/mol. The minimum absolute atomic E-state index is 0.183.